The molecule has 2 aromatic heterocycles. The topological polar surface area (TPSA) is 55.3 Å². The van der Waals surface area contributed by atoms with E-state index in [-0.39, 0.29) is 12.5 Å². The van der Waals surface area contributed by atoms with Crippen LogP contribution in [0, 0.1) is 6.92 Å². The van der Waals surface area contributed by atoms with Crippen LogP contribution in [0.3, 0.4) is 0 Å². The van der Waals surface area contributed by atoms with Crippen molar-refractivity contribution in [3.8, 4) is 5.75 Å². The lowest BCUT2D eigenvalue weighted by molar-refractivity contribution is -0.120. The van der Waals surface area contributed by atoms with Gasteiger partial charge in [0.25, 0.3) is 5.91 Å². The van der Waals surface area contributed by atoms with Crippen molar-refractivity contribution < 1.29 is 9.53 Å². The van der Waals surface area contributed by atoms with Gasteiger partial charge in [0.15, 0.2) is 11.7 Å². The molecule has 0 atom stereocenters. The molecule has 0 unspecified atom stereocenters. The van der Waals surface area contributed by atoms with Gasteiger partial charge in [-0.3, -0.25) is 14.7 Å². The van der Waals surface area contributed by atoms with Crippen LogP contribution in [0.15, 0.2) is 73.1 Å². The summed E-state index contributed by atoms with van der Waals surface area (Å²) < 4.78 is 6.74. The quantitative estimate of drug-likeness (QED) is 0.483. The molecule has 6 heteroatoms. The molecular formula is C22H19N3O2S. The second-order valence-corrected chi connectivity index (χ2v) is 7.41. The van der Waals surface area contributed by atoms with Crippen molar-refractivity contribution in [2.24, 2.45) is 0 Å². The summed E-state index contributed by atoms with van der Waals surface area (Å²) in [6, 6.07) is 19.2. The number of ether oxygens (including phenoxy) is 1. The highest BCUT2D eigenvalue weighted by molar-refractivity contribution is 7.22. The van der Waals surface area contributed by atoms with Crippen molar-refractivity contribution in [2.75, 3.05) is 11.5 Å². The standard InChI is InChI=1S/C22H19N3O2S/c1-16-7-8-19-20(13-16)28-22(24-19)25(14-17-9-11-23-12-10-17)21(26)15-27-18-5-3-2-4-6-18/h2-13H,14-15H2,1H3. The fraction of sp³-hybridized carbons (Fsp3) is 0.136. The molecule has 0 aliphatic rings. The van der Waals surface area contributed by atoms with Crippen molar-refractivity contribution in [1.29, 1.82) is 0 Å². The minimum absolute atomic E-state index is 0.0515. The Kier molecular flexibility index (Phi) is 5.30. The van der Waals surface area contributed by atoms with E-state index in [4.69, 9.17) is 4.74 Å². The van der Waals surface area contributed by atoms with Crippen molar-refractivity contribution in [3.05, 3.63) is 84.2 Å². The van der Waals surface area contributed by atoms with E-state index >= 15 is 0 Å². The number of anilines is 1. The third-order valence-electron chi connectivity index (χ3n) is 4.26. The van der Waals surface area contributed by atoms with E-state index in [2.05, 4.69) is 16.0 Å². The predicted molar refractivity (Wildman–Crippen MR) is 112 cm³/mol. The van der Waals surface area contributed by atoms with E-state index in [1.54, 1.807) is 17.3 Å². The average molecular weight is 389 g/mol. The summed E-state index contributed by atoms with van der Waals surface area (Å²) in [5.74, 6) is 0.524. The highest BCUT2D eigenvalue weighted by Gasteiger charge is 2.21. The largest absolute Gasteiger partial charge is 0.484 e. The fourth-order valence-corrected chi connectivity index (χ4v) is 3.89. The molecule has 0 spiro atoms. The first-order valence-corrected chi connectivity index (χ1v) is 9.75. The molecule has 0 saturated carbocycles. The number of aromatic nitrogens is 2. The van der Waals surface area contributed by atoms with Crippen molar-refractivity contribution in [2.45, 2.75) is 13.5 Å². The number of nitrogens with zero attached hydrogens (tertiary/aromatic N) is 3. The third-order valence-corrected chi connectivity index (χ3v) is 5.30. The maximum atomic E-state index is 13.0. The van der Waals surface area contributed by atoms with Crippen LogP contribution >= 0.6 is 11.3 Å². The molecule has 4 rings (SSSR count). The summed E-state index contributed by atoms with van der Waals surface area (Å²) in [7, 11) is 0. The molecular weight excluding hydrogens is 370 g/mol. The number of amides is 1. The molecule has 2 heterocycles. The van der Waals surface area contributed by atoms with Crippen LogP contribution in [0.25, 0.3) is 10.2 Å². The summed E-state index contributed by atoms with van der Waals surface area (Å²) >= 11 is 1.51. The van der Waals surface area contributed by atoms with Crippen LogP contribution in [0.1, 0.15) is 11.1 Å². The van der Waals surface area contributed by atoms with Gasteiger partial charge in [-0.15, -0.1) is 0 Å². The molecule has 5 nitrogen and oxygen atoms in total. The summed E-state index contributed by atoms with van der Waals surface area (Å²) in [4.78, 5) is 23.4. The Morgan fingerprint density at radius 1 is 1.07 bits per heavy atom. The van der Waals surface area contributed by atoms with E-state index in [9.17, 15) is 4.79 Å². The number of aryl methyl sites for hydroxylation is 1. The van der Waals surface area contributed by atoms with Gasteiger partial charge in [-0.25, -0.2) is 4.98 Å². The first kappa shape index (κ1) is 18.1. The van der Waals surface area contributed by atoms with Gasteiger partial charge >= 0.3 is 0 Å². The number of fused-ring (bicyclic) bond motifs is 1. The molecule has 4 aromatic rings. The SMILES string of the molecule is Cc1ccc2nc(N(Cc3ccncc3)C(=O)COc3ccccc3)sc2c1. The van der Waals surface area contributed by atoms with Gasteiger partial charge in [-0.1, -0.05) is 35.6 Å². The van der Waals surface area contributed by atoms with Gasteiger partial charge in [0, 0.05) is 12.4 Å². The first-order valence-electron chi connectivity index (χ1n) is 8.93. The molecule has 0 bridgehead atoms. The lowest BCUT2D eigenvalue weighted by Gasteiger charge is -2.20. The second kappa shape index (κ2) is 8.19. The van der Waals surface area contributed by atoms with Crippen LogP contribution in [0.4, 0.5) is 5.13 Å². The summed E-state index contributed by atoms with van der Waals surface area (Å²) in [6.45, 7) is 2.41. The number of carbonyl (C=O) groups excluding carboxylic acids is 1. The lowest BCUT2D eigenvalue weighted by Crippen LogP contribution is -2.34. The summed E-state index contributed by atoms with van der Waals surface area (Å²) in [5, 5.41) is 0.666. The summed E-state index contributed by atoms with van der Waals surface area (Å²) in [5.41, 5.74) is 3.04. The smallest absolute Gasteiger partial charge is 0.267 e. The number of hydrogen-bond donors (Lipinski definition) is 0. The molecule has 2 aromatic carbocycles. The zero-order valence-electron chi connectivity index (χ0n) is 15.4. The number of carbonyl (C=O) groups is 1. The minimum atomic E-state index is -0.142. The monoisotopic (exact) mass is 389 g/mol. The van der Waals surface area contributed by atoms with Gasteiger partial charge < -0.3 is 4.74 Å². The molecule has 0 aliphatic heterocycles. The van der Waals surface area contributed by atoms with Crippen molar-refractivity contribution >= 4 is 32.6 Å². The Balaban J connectivity index is 1.61. The molecule has 140 valence electrons. The van der Waals surface area contributed by atoms with E-state index in [1.165, 1.54) is 16.9 Å². The van der Waals surface area contributed by atoms with E-state index in [1.807, 2.05) is 61.5 Å². The van der Waals surface area contributed by atoms with Crippen molar-refractivity contribution in [1.82, 2.24) is 9.97 Å². The fourth-order valence-electron chi connectivity index (χ4n) is 2.81. The maximum absolute atomic E-state index is 13.0. The number of thiazole rings is 1. The summed E-state index contributed by atoms with van der Waals surface area (Å²) in [6.07, 6.45) is 3.44. The van der Waals surface area contributed by atoms with Gasteiger partial charge in [0.2, 0.25) is 0 Å². The number of hydrogen-bond acceptors (Lipinski definition) is 5. The van der Waals surface area contributed by atoms with Crippen LogP contribution in [-0.2, 0) is 11.3 Å². The normalized spacial score (nSPS) is 10.8. The lowest BCUT2D eigenvalue weighted by atomic mass is 10.2. The molecule has 0 N–H and O–H groups in total. The van der Waals surface area contributed by atoms with E-state index < -0.39 is 0 Å². The highest BCUT2D eigenvalue weighted by atomic mass is 32.1. The molecule has 1 amide bonds. The Morgan fingerprint density at radius 2 is 1.86 bits per heavy atom. The minimum Gasteiger partial charge on any atom is -0.484 e. The Labute approximate surface area is 167 Å². The predicted octanol–water partition coefficient (Wildman–Crippen LogP) is 4.61. The Morgan fingerprint density at radius 3 is 2.64 bits per heavy atom. The molecule has 0 saturated heterocycles. The number of para-hydroxylation sites is 1. The van der Waals surface area contributed by atoms with Gasteiger partial charge in [-0.2, -0.15) is 0 Å². The van der Waals surface area contributed by atoms with Crippen LogP contribution < -0.4 is 9.64 Å². The third kappa shape index (κ3) is 4.18. The van der Waals surface area contributed by atoms with Crippen molar-refractivity contribution in [3.63, 3.8) is 0 Å². The zero-order valence-corrected chi connectivity index (χ0v) is 16.2. The van der Waals surface area contributed by atoms with Crippen LogP contribution in [-0.4, -0.2) is 22.5 Å². The van der Waals surface area contributed by atoms with E-state index in [0.29, 0.717) is 17.4 Å². The Hall–Kier alpha value is -3.25. The van der Waals surface area contributed by atoms with Gasteiger partial charge in [0.1, 0.15) is 5.75 Å². The zero-order chi connectivity index (χ0) is 19.3. The molecule has 0 radical (unpaired) electrons. The molecule has 28 heavy (non-hydrogen) atoms. The number of benzene rings is 2. The molecule has 0 fully saturated rings. The average Bonchev–Trinajstić information content (AvgIpc) is 3.14. The maximum Gasteiger partial charge on any atom is 0.267 e. The van der Waals surface area contributed by atoms with Crippen LogP contribution in [0.2, 0.25) is 0 Å². The molecule has 0 aliphatic carbocycles. The number of rotatable bonds is 6. The van der Waals surface area contributed by atoms with Gasteiger partial charge in [0.05, 0.1) is 16.8 Å². The highest BCUT2D eigenvalue weighted by Crippen LogP contribution is 2.30. The van der Waals surface area contributed by atoms with Gasteiger partial charge in [-0.05, 0) is 54.4 Å². The second-order valence-electron chi connectivity index (χ2n) is 6.40. The van der Waals surface area contributed by atoms with Crippen LogP contribution in [0.5, 0.6) is 5.75 Å². The number of pyridine rings is 1. The van der Waals surface area contributed by atoms with E-state index in [0.717, 1.165) is 15.8 Å². The first-order chi connectivity index (χ1) is 13.7. The Bertz CT molecular complexity index is 1080.